The molecule has 8 heteroatoms. The van der Waals surface area contributed by atoms with Crippen LogP contribution in [0.3, 0.4) is 0 Å². The lowest BCUT2D eigenvalue weighted by atomic mass is 10.1. The van der Waals surface area contributed by atoms with Gasteiger partial charge in [0, 0.05) is 22.2 Å². The molecule has 0 fully saturated rings. The van der Waals surface area contributed by atoms with Gasteiger partial charge in [0.2, 0.25) is 0 Å². The number of hydrogen-bond donors (Lipinski definition) is 1. The maximum atomic E-state index is 12.5. The second-order valence-electron chi connectivity index (χ2n) is 5.16. The maximum Gasteiger partial charge on any atom is 0.285 e. The number of para-hydroxylation sites is 1. The minimum absolute atomic E-state index is 0.00166. The van der Waals surface area contributed by atoms with Crippen LogP contribution in [0.5, 0.6) is 11.5 Å². The molecule has 24 heavy (non-hydrogen) atoms. The first-order valence-electron chi connectivity index (χ1n) is 7.12. The molecule has 0 aromatic heterocycles. The summed E-state index contributed by atoms with van der Waals surface area (Å²) in [6, 6.07) is 7.93. The fourth-order valence-corrected chi connectivity index (χ4v) is 2.86. The van der Waals surface area contributed by atoms with Crippen LogP contribution in [0.25, 0.3) is 0 Å². The van der Waals surface area contributed by atoms with Gasteiger partial charge in [0.1, 0.15) is 18.8 Å². The summed E-state index contributed by atoms with van der Waals surface area (Å²) >= 11 is 3.35. The van der Waals surface area contributed by atoms with Gasteiger partial charge in [-0.3, -0.25) is 14.9 Å². The minimum atomic E-state index is -0.567. The largest absolute Gasteiger partial charge is 0.486 e. The predicted molar refractivity (Wildman–Crippen MR) is 90.9 cm³/mol. The van der Waals surface area contributed by atoms with Crippen molar-refractivity contribution in [2.45, 2.75) is 6.92 Å². The molecule has 0 spiro atoms. The first kappa shape index (κ1) is 16.3. The Morgan fingerprint density at radius 2 is 1.92 bits per heavy atom. The first-order chi connectivity index (χ1) is 11.5. The van der Waals surface area contributed by atoms with E-state index in [0.717, 1.165) is 0 Å². The van der Waals surface area contributed by atoms with E-state index in [1.54, 1.807) is 31.2 Å². The third kappa shape index (κ3) is 3.05. The van der Waals surface area contributed by atoms with Gasteiger partial charge in [0.05, 0.1) is 10.6 Å². The van der Waals surface area contributed by atoms with Crippen molar-refractivity contribution in [3.05, 3.63) is 56.0 Å². The zero-order chi connectivity index (χ0) is 17.3. The molecule has 0 saturated carbocycles. The lowest BCUT2D eigenvalue weighted by Crippen LogP contribution is -2.17. The van der Waals surface area contributed by atoms with Crippen molar-refractivity contribution in [2.75, 3.05) is 18.5 Å². The highest BCUT2D eigenvalue weighted by Crippen LogP contribution is 2.38. The van der Waals surface area contributed by atoms with Crippen LogP contribution >= 0.6 is 15.9 Å². The van der Waals surface area contributed by atoms with Crippen molar-refractivity contribution in [3.63, 3.8) is 0 Å². The number of halogens is 1. The number of aryl methyl sites for hydroxylation is 1. The van der Waals surface area contributed by atoms with E-state index in [9.17, 15) is 14.9 Å². The first-order valence-corrected chi connectivity index (χ1v) is 7.91. The van der Waals surface area contributed by atoms with Crippen LogP contribution in [-0.4, -0.2) is 24.0 Å². The van der Waals surface area contributed by atoms with E-state index in [2.05, 4.69) is 21.2 Å². The lowest BCUT2D eigenvalue weighted by molar-refractivity contribution is -0.385. The van der Waals surface area contributed by atoms with Gasteiger partial charge in [-0.2, -0.15) is 0 Å². The van der Waals surface area contributed by atoms with E-state index >= 15 is 0 Å². The molecule has 0 saturated heterocycles. The van der Waals surface area contributed by atoms with Gasteiger partial charge in [-0.05, 0) is 28.9 Å². The molecule has 1 aliphatic rings. The Morgan fingerprint density at radius 3 is 2.58 bits per heavy atom. The summed E-state index contributed by atoms with van der Waals surface area (Å²) in [4.78, 5) is 23.2. The number of anilines is 1. The summed E-state index contributed by atoms with van der Waals surface area (Å²) in [5.74, 6) is 0.522. The number of nitro groups is 1. The van der Waals surface area contributed by atoms with Gasteiger partial charge < -0.3 is 14.8 Å². The third-order valence-corrected chi connectivity index (χ3v) is 4.20. The molecule has 1 N–H and O–H groups in total. The average molecular weight is 393 g/mol. The Morgan fingerprint density at radius 1 is 1.25 bits per heavy atom. The standard InChI is InChI=1S/C16H13BrN2O5/c1-9-3-2-4-10(15(9)19(21)22)16(20)18-12-8-14-13(7-11(12)17)23-5-6-24-14/h2-4,7-8H,5-6H2,1H3,(H,18,20). The monoisotopic (exact) mass is 392 g/mol. The van der Waals surface area contributed by atoms with Gasteiger partial charge >= 0.3 is 0 Å². The SMILES string of the molecule is Cc1cccc(C(=O)Nc2cc3c(cc2Br)OCCO3)c1[N+](=O)[O-]. The Hall–Kier alpha value is -2.61. The van der Waals surface area contributed by atoms with Crippen molar-refractivity contribution >= 4 is 33.2 Å². The quantitative estimate of drug-likeness (QED) is 0.635. The summed E-state index contributed by atoms with van der Waals surface area (Å²) in [6.45, 7) is 2.47. The molecule has 2 aromatic carbocycles. The minimum Gasteiger partial charge on any atom is -0.486 e. The molecular formula is C16H13BrN2O5. The van der Waals surface area contributed by atoms with Crippen LogP contribution in [0, 0.1) is 17.0 Å². The van der Waals surface area contributed by atoms with Gasteiger partial charge in [0.15, 0.2) is 11.5 Å². The van der Waals surface area contributed by atoms with E-state index < -0.39 is 10.8 Å². The second kappa shape index (κ2) is 6.48. The Labute approximate surface area is 145 Å². The lowest BCUT2D eigenvalue weighted by Gasteiger charge is -2.20. The van der Waals surface area contributed by atoms with Crippen LogP contribution in [-0.2, 0) is 0 Å². The Balaban J connectivity index is 1.94. The topological polar surface area (TPSA) is 90.7 Å². The molecule has 0 atom stereocenters. The number of ether oxygens (including phenoxy) is 2. The highest BCUT2D eigenvalue weighted by molar-refractivity contribution is 9.10. The number of carbonyl (C=O) groups excluding carboxylic acids is 1. The van der Waals surface area contributed by atoms with Gasteiger partial charge in [0.25, 0.3) is 11.6 Å². The average Bonchev–Trinajstić information content (AvgIpc) is 2.54. The van der Waals surface area contributed by atoms with E-state index in [4.69, 9.17) is 9.47 Å². The zero-order valence-electron chi connectivity index (χ0n) is 12.7. The van der Waals surface area contributed by atoms with Crippen LogP contribution in [0.2, 0.25) is 0 Å². The molecule has 0 bridgehead atoms. The Bertz CT molecular complexity index is 837. The molecule has 3 rings (SSSR count). The molecule has 0 aliphatic carbocycles. The maximum absolute atomic E-state index is 12.5. The zero-order valence-corrected chi connectivity index (χ0v) is 14.3. The molecule has 2 aromatic rings. The summed E-state index contributed by atoms with van der Waals surface area (Å²) in [5, 5.41) is 13.9. The number of hydrogen-bond acceptors (Lipinski definition) is 5. The highest BCUT2D eigenvalue weighted by Gasteiger charge is 2.23. The van der Waals surface area contributed by atoms with Crippen LogP contribution in [0.4, 0.5) is 11.4 Å². The second-order valence-corrected chi connectivity index (χ2v) is 6.01. The fraction of sp³-hybridized carbons (Fsp3) is 0.188. The molecule has 1 heterocycles. The fourth-order valence-electron chi connectivity index (χ4n) is 2.43. The van der Waals surface area contributed by atoms with Crippen molar-refractivity contribution in [1.82, 2.24) is 0 Å². The molecule has 0 unspecified atom stereocenters. The van der Waals surface area contributed by atoms with Gasteiger partial charge in [-0.25, -0.2) is 0 Å². The highest BCUT2D eigenvalue weighted by atomic mass is 79.9. The number of rotatable bonds is 3. The number of nitro benzene ring substituents is 1. The van der Waals surface area contributed by atoms with Crippen LogP contribution in [0.15, 0.2) is 34.8 Å². The number of fused-ring (bicyclic) bond motifs is 1. The molecule has 7 nitrogen and oxygen atoms in total. The number of amides is 1. The normalized spacial score (nSPS) is 12.6. The van der Waals surface area contributed by atoms with Crippen LogP contribution < -0.4 is 14.8 Å². The van der Waals surface area contributed by atoms with E-state index in [1.807, 2.05) is 0 Å². The number of benzene rings is 2. The van der Waals surface area contributed by atoms with Crippen molar-refractivity contribution in [2.24, 2.45) is 0 Å². The van der Waals surface area contributed by atoms with E-state index in [1.165, 1.54) is 6.07 Å². The summed E-state index contributed by atoms with van der Waals surface area (Å²) < 4.78 is 11.5. The van der Waals surface area contributed by atoms with Gasteiger partial charge in [-0.15, -0.1) is 0 Å². The summed E-state index contributed by atoms with van der Waals surface area (Å²) in [5.41, 5.74) is 0.666. The molecule has 1 amide bonds. The molecule has 0 radical (unpaired) electrons. The Kier molecular flexibility index (Phi) is 4.39. The number of nitrogens with zero attached hydrogens (tertiary/aromatic N) is 1. The van der Waals surface area contributed by atoms with Crippen molar-refractivity contribution in [3.8, 4) is 11.5 Å². The molecular weight excluding hydrogens is 380 g/mol. The van der Waals surface area contributed by atoms with E-state index in [0.29, 0.717) is 40.4 Å². The smallest absolute Gasteiger partial charge is 0.285 e. The number of nitrogens with one attached hydrogen (secondary N) is 1. The van der Waals surface area contributed by atoms with Crippen molar-refractivity contribution < 1.29 is 19.2 Å². The summed E-state index contributed by atoms with van der Waals surface area (Å²) in [7, 11) is 0. The van der Waals surface area contributed by atoms with Gasteiger partial charge in [-0.1, -0.05) is 12.1 Å². The number of carbonyl (C=O) groups is 1. The molecule has 124 valence electrons. The summed E-state index contributed by atoms with van der Waals surface area (Å²) in [6.07, 6.45) is 0. The van der Waals surface area contributed by atoms with Crippen molar-refractivity contribution in [1.29, 1.82) is 0 Å². The molecule has 1 aliphatic heterocycles. The third-order valence-electron chi connectivity index (χ3n) is 3.55. The predicted octanol–water partition coefficient (Wildman–Crippen LogP) is 3.69. The van der Waals surface area contributed by atoms with E-state index in [-0.39, 0.29) is 11.3 Å². The van der Waals surface area contributed by atoms with Crippen LogP contribution in [0.1, 0.15) is 15.9 Å².